The van der Waals surface area contributed by atoms with E-state index in [-0.39, 0.29) is 4.90 Å². The average Bonchev–Trinajstić information content (AvgIpc) is 2.59. The monoisotopic (exact) mass is 312 g/mol. The number of nitrogens with one attached hydrogen (secondary N) is 1. The fourth-order valence-corrected chi connectivity index (χ4v) is 4.74. The summed E-state index contributed by atoms with van der Waals surface area (Å²) in [4.78, 5) is 0.235. The quantitative estimate of drug-likeness (QED) is 0.587. The summed E-state index contributed by atoms with van der Waals surface area (Å²) >= 11 is 0. The Morgan fingerprint density at radius 3 is 2.57 bits per heavy atom. The van der Waals surface area contributed by atoms with E-state index in [0.717, 1.165) is 19.3 Å². The Hall–Kier alpha value is -1.11. The van der Waals surface area contributed by atoms with Gasteiger partial charge >= 0.3 is 0 Å². The van der Waals surface area contributed by atoms with Crippen molar-refractivity contribution >= 4 is 15.7 Å². The molecule has 2 unspecified atom stereocenters. The van der Waals surface area contributed by atoms with Gasteiger partial charge in [-0.15, -0.1) is 0 Å². The predicted octanol–water partition coefficient (Wildman–Crippen LogP) is 1.86. The first-order chi connectivity index (χ1) is 9.83. The molecule has 0 amide bonds. The van der Waals surface area contributed by atoms with Gasteiger partial charge in [0.05, 0.1) is 11.0 Å². The van der Waals surface area contributed by atoms with Crippen molar-refractivity contribution < 1.29 is 13.5 Å². The lowest BCUT2D eigenvalue weighted by molar-refractivity contribution is 0.130. The van der Waals surface area contributed by atoms with Gasteiger partial charge in [0.1, 0.15) is 0 Å². The van der Waals surface area contributed by atoms with Gasteiger partial charge in [-0.2, -0.15) is 0 Å². The molecule has 1 saturated carbocycles. The summed E-state index contributed by atoms with van der Waals surface area (Å²) in [5.74, 6) is 0. The van der Waals surface area contributed by atoms with Crippen LogP contribution in [0.15, 0.2) is 17.0 Å². The molecule has 1 aromatic rings. The lowest BCUT2D eigenvalue weighted by Crippen LogP contribution is -2.43. The van der Waals surface area contributed by atoms with Crippen LogP contribution >= 0.6 is 0 Å². The number of aliphatic hydroxyl groups excluding tert-OH is 1. The van der Waals surface area contributed by atoms with Gasteiger partial charge in [0.2, 0.25) is 10.0 Å². The lowest BCUT2D eigenvalue weighted by Gasteiger charge is -2.23. The van der Waals surface area contributed by atoms with Crippen molar-refractivity contribution in [1.82, 2.24) is 4.72 Å². The van der Waals surface area contributed by atoms with E-state index < -0.39 is 22.2 Å². The second-order valence-corrected chi connectivity index (χ2v) is 7.51. The highest BCUT2D eigenvalue weighted by Gasteiger charge is 2.29. The van der Waals surface area contributed by atoms with Crippen molar-refractivity contribution in [3.05, 3.63) is 23.3 Å². The first-order valence-corrected chi connectivity index (χ1v) is 8.87. The molecule has 4 N–H and O–H groups in total. The molecule has 0 heterocycles. The molecule has 6 heteroatoms. The van der Waals surface area contributed by atoms with Crippen molar-refractivity contribution in [2.75, 3.05) is 5.73 Å². The van der Waals surface area contributed by atoms with E-state index in [1.807, 2.05) is 0 Å². The second-order valence-electron chi connectivity index (χ2n) is 5.86. The summed E-state index contributed by atoms with van der Waals surface area (Å²) < 4.78 is 28.0. The molecule has 2 rings (SSSR count). The second kappa shape index (κ2) is 6.34. The Morgan fingerprint density at radius 1 is 1.19 bits per heavy atom. The van der Waals surface area contributed by atoms with Crippen LogP contribution in [0.4, 0.5) is 5.69 Å². The molecule has 5 nitrogen and oxygen atoms in total. The molecule has 1 aliphatic rings. The predicted molar refractivity (Wildman–Crippen MR) is 83.5 cm³/mol. The average molecular weight is 312 g/mol. The molecule has 0 bridgehead atoms. The zero-order valence-corrected chi connectivity index (χ0v) is 13.4. The van der Waals surface area contributed by atoms with Crippen molar-refractivity contribution in [2.45, 2.75) is 63.0 Å². The SMILES string of the molecule is Cc1ccc(N)c(C)c1S(=O)(=O)NC1CCCCCC1O. The number of aliphatic hydroxyl groups is 1. The molecule has 0 aromatic heterocycles. The molecule has 1 aliphatic carbocycles. The number of benzene rings is 1. The van der Waals surface area contributed by atoms with Crippen LogP contribution in [0.1, 0.15) is 43.2 Å². The van der Waals surface area contributed by atoms with Crippen molar-refractivity contribution in [3.8, 4) is 0 Å². The van der Waals surface area contributed by atoms with E-state index in [1.54, 1.807) is 26.0 Å². The molecule has 118 valence electrons. The molecular weight excluding hydrogens is 288 g/mol. The van der Waals surface area contributed by atoms with E-state index in [9.17, 15) is 13.5 Å². The lowest BCUT2D eigenvalue weighted by atomic mass is 10.1. The number of hydrogen-bond acceptors (Lipinski definition) is 4. The Bertz CT molecular complexity index is 614. The van der Waals surface area contributed by atoms with Gasteiger partial charge in [0.25, 0.3) is 0 Å². The molecular formula is C15H24N2O3S. The fourth-order valence-electron chi connectivity index (χ4n) is 2.94. The van der Waals surface area contributed by atoms with Crippen molar-refractivity contribution in [1.29, 1.82) is 0 Å². The Kier molecular flexibility index (Phi) is 4.91. The molecule has 0 spiro atoms. The summed E-state index contributed by atoms with van der Waals surface area (Å²) in [6.45, 7) is 3.46. The topological polar surface area (TPSA) is 92.4 Å². The zero-order chi connectivity index (χ0) is 15.6. The number of nitrogen functional groups attached to an aromatic ring is 1. The maximum Gasteiger partial charge on any atom is 0.241 e. The Labute approximate surface area is 126 Å². The van der Waals surface area contributed by atoms with Crippen LogP contribution < -0.4 is 10.5 Å². The standard InChI is InChI=1S/C15H24N2O3S/c1-10-8-9-12(16)11(2)15(10)21(19,20)17-13-6-4-3-5-7-14(13)18/h8-9,13-14,17-18H,3-7,16H2,1-2H3. The number of hydrogen-bond donors (Lipinski definition) is 3. The third-order valence-electron chi connectivity index (χ3n) is 4.20. The smallest absolute Gasteiger partial charge is 0.241 e. The van der Waals surface area contributed by atoms with Crippen LogP contribution in [0.5, 0.6) is 0 Å². The van der Waals surface area contributed by atoms with Crippen molar-refractivity contribution in [2.24, 2.45) is 0 Å². The maximum atomic E-state index is 12.7. The summed E-state index contributed by atoms with van der Waals surface area (Å²) in [6.07, 6.45) is 3.59. The zero-order valence-electron chi connectivity index (χ0n) is 12.6. The molecule has 1 fully saturated rings. The number of nitrogens with two attached hydrogens (primary N) is 1. The highest BCUT2D eigenvalue weighted by atomic mass is 32.2. The summed E-state index contributed by atoms with van der Waals surface area (Å²) in [5, 5.41) is 10.1. The third-order valence-corrected chi connectivity index (χ3v) is 5.98. The van der Waals surface area contributed by atoms with Gasteiger partial charge in [-0.3, -0.25) is 0 Å². The van der Waals surface area contributed by atoms with Crippen LogP contribution in [0.25, 0.3) is 0 Å². The number of anilines is 1. The number of aryl methyl sites for hydroxylation is 1. The Balaban J connectivity index is 2.32. The molecule has 0 saturated heterocycles. The summed E-state index contributed by atoms with van der Waals surface area (Å²) in [5.41, 5.74) is 7.52. The van der Waals surface area contributed by atoms with Gasteiger partial charge in [0.15, 0.2) is 0 Å². The first kappa shape index (κ1) is 16.3. The maximum absolute atomic E-state index is 12.7. The highest BCUT2D eigenvalue weighted by Crippen LogP contribution is 2.26. The summed E-state index contributed by atoms with van der Waals surface area (Å²) in [6, 6.07) is 3.00. The minimum atomic E-state index is -3.68. The van der Waals surface area contributed by atoms with Gasteiger partial charge in [-0.25, -0.2) is 13.1 Å². The van der Waals surface area contributed by atoms with Crippen LogP contribution in [0.2, 0.25) is 0 Å². The van der Waals surface area contributed by atoms with E-state index in [2.05, 4.69) is 4.72 Å². The minimum absolute atomic E-state index is 0.235. The normalized spacial score (nSPS) is 23.8. The molecule has 0 radical (unpaired) electrons. The van der Waals surface area contributed by atoms with E-state index >= 15 is 0 Å². The highest BCUT2D eigenvalue weighted by molar-refractivity contribution is 7.89. The number of rotatable bonds is 3. The van der Waals surface area contributed by atoms with Gasteiger partial charge in [0, 0.05) is 11.7 Å². The minimum Gasteiger partial charge on any atom is -0.398 e. The molecule has 0 aliphatic heterocycles. The number of sulfonamides is 1. The first-order valence-electron chi connectivity index (χ1n) is 7.39. The van der Waals surface area contributed by atoms with E-state index in [1.165, 1.54) is 0 Å². The molecule has 1 aromatic carbocycles. The van der Waals surface area contributed by atoms with E-state index in [0.29, 0.717) is 29.7 Å². The van der Waals surface area contributed by atoms with E-state index in [4.69, 9.17) is 5.73 Å². The van der Waals surface area contributed by atoms with Gasteiger partial charge < -0.3 is 10.8 Å². The largest absolute Gasteiger partial charge is 0.398 e. The fraction of sp³-hybridized carbons (Fsp3) is 0.600. The third kappa shape index (κ3) is 3.56. The molecule has 2 atom stereocenters. The van der Waals surface area contributed by atoms with Gasteiger partial charge in [-0.1, -0.05) is 25.3 Å². The van der Waals surface area contributed by atoms with Crippen LogP contribution in [-0.2, 0) is 10.0 Å². The van der Waals surface area contributed by atoms with Crippen molar-refractivity contribution in [3.63, 3.8) is 0 Å². The van der Waals surface area contributed by atoms with Crippen LogP contribution in [-0.4, -0.2) is 25.7 Å². The Morgan fingerprint density at radius 2 is 1.86 bits per heavy atom. The van der Waals surface area contributed by atoms with Crippen LogP contribution in [0, 0.1) is 13.8 Å². The summed E-state index contributed by atoms with van der Waals surface area (Å²) in [7, 11) is -3.68. The van der Waals surface area contributed by atoms with Crippen LogP contribution in [0.3, 0.4) is 0 Å². The van der Waals surface area contributed by atoms with Gasteiger partial charge in [-0.05, 0) is 43.9 Å². The molecule has 21 heavy (non-hydrogen) atoms.